The van der Waals surface area contributed by atoms with Crippen molar-refractivity contribution < 1.29 is 35.3 Å². The molecule has 0 radical (unpaired) electrons. The molecule has 0 unspecified atom stereocenters. The summed E-state index contributed by atoms with van der Waals surface area (Å²) in [5.74, 6) is -1.78. The predicted octanol–water partition coefficient (Wildman–Crippen LogP) is 2.47. The molecule has 12 heteroatoms. The van der Waals surface area contributed by atoms with Gasteiger partial charge < -0.3 is 14.2 Å². The molecule has 0 atom stereocenters. The normalized spacial score (nSPS) is 12.0. The van der Waals surface area contributed by atoms with Gasteiger partial charge in [0.2, 0.25) is 0 Å². The van der Waals surface area contributed by atoms with E-state index >= 15 is 0 Å². The Morgan fingerprint density at radius 1 is 1.23 bits per heavy atom. The molecule has 0 aliphatic rings. The van der Waals surface area contributed by atoms with E-state index < -0.39 is 27.5 Å². The average Bonchev–Trinajstić information content (AvgIpc) is 2.57. The lowest BCUT2D eigenvalue weighted by atomic mass is 10.2. The number of fused-ring (bicyclic) bond motifs is 1. The fourth-order valence-electron chi connectivity index (χ4n) is 1.85. The van der Waals surface area contributed by atoms with Crippen molar-refractivity contribution in [1.29, 1.82) is 0 Å². The number of anilines is 1. The van der Waals surface area contributed by atoms with Crippen LogP contribution >= 0.6 is 0 Å². The summed E-state index contributed by atoms with van der Waals surface area (Å²) < 4.78 is 68.9. The van der Waals surface area contributed by atoms with E-state index in [4.69, 9.17) is 0 Å². The summed E-state index contributed by atoms with van der Waals surface area (Å²) in [5, 5.41) is 2.65. The molecule has 1 N–H and O–H groups in total. The molecule has 1 aromatic carbocycles. The van der Waals surface area contributed by atoms with Crippen LogP contribution in [-0.4, -0.2) is 43.5 Å². The highest BCUT2D eigenvalue weighted by molar-refractivity contribution is 7.88. The molecule has 0 amide bonds. The highest BCUT2D eigenvalue weighted by Crippen LogP contribution is 2.31. The van der Waals surface area contributed by atoms with Gasteiger partial charge in [-0.2, -0.15) is 21.6 Å². The number of carbonyl (C=O) groups excluding carboxylic acids is 1. The van der Waals surface area contributed by atoms with Gasteiger partial charge >= 0.3 is 21.6 Å². The van der Waals surface area contributed by atoms with E-state index in [1.807, 2.05) is 0 Å². The minimum absolute atomic E-state index is 0.0343. The smallest absolute Gasteiger partial charge is 0.465 e. The third kappa shape index (κ3) is 4.12. The van der Waals surface area contributed by atoms with Crippen molar-refractivity contribution in [3.63, 3.8) is 0 Å². The summed E-state index contributed by atoms with van der Waals surface area (Å²) in [6, 6.07) is 3.91. The van der Waals surface area contributed by atoms with E-state index in [-0.39, 0.29) is 29.0 Å². The van der Waals surface area contributed by atoms with Gasteiger partial charge in [-0.05, 0) is 24.6 Å². The maximum absolute atomic E-state index is 12.6. The van der Waals surface area contributed by atoms with Gasteiger partial charge in [0.05, 0.1) is 23.7 Å². The Kier molecular flexibility index (Phi) is 5.54. The van der Waals surface area contributed by atoms with E-state index in [1.165, 1.54) is 25.3 Å². The SMILES string of the molecule is CCCNc1nc2cc(C(=O)OC)ccc2nc1OS(=O)(=O)C(F)(F)F. The maximum Gasteiger partial charge on any atom is 0.534 e. The zero-order chi connectivity index (χ0) is 19.5. The molecule has 0 saturated carbocycles. The second-order valence-corrected chi connectivity index (χ2v) is 6.52. The Bertz CT molecular complexity index is 931. The van der Waals surface area contributed by atoms with Crippen LogP contribution in [0.2, 0.25) is 0 Å². The number of carbonyl (C=O) groups is 1. The van der Waals surface area contributed by atoms with Gasteiger partial charge in [-0.25, -0.2) is 14.8 Å². The number of hydrogen-bond acceptors (Lipinski definition) is 8. The third-order valence-electron chi connectivity index (χ3n) is 3.07. The number of benzene rings is 1. The number of ether oxygens (including phenoxy) is 1. The first-order valence-corrected chi connectivity index (χ1v) is 8.64. The van der Waals surface area contributed by atoms with Gasteiger partial charge in [0.15, 0.2) is 5.82 Å². The Morgan fingerprint density at radius 3 is 2.50 bits per heavy atom. The molecule has 0 aliphatic heterocycles. The quantitative estimate of drug-likeness (QED) is 0.453. The standard InChI is InChI=1S/C14H14F3N3O5S/c1-3-6-18-11-12(25-26(22,23)14(15,16)17)20-9-5-4-8(13(21)24-2)7-10(9)19-11/h4-5,7H,3,6H2,1-2H3,(H,18,19). The summed E-state index contributed by atoms with van der Waals surface area (Å²) in [6.45, 7) is 2.06. The first-order valence-electron chi connectivity index (χ1n) is 7.23. The number of alkyl halides is 3. The van der Waals surface area contributed by atoms with Gasteiger partial charge in [0, 0.05) is 6.54 Å². The average molecular weight is 393 g/mol. The van der Waals surface area contributed by atoms with Crippen LogP contribution in [0.1, 0.15) is 23.7 Å². The van der Waals surface area contributed by atoms with E-state index in [9.17, 15) is 26.4 Å². The molecular formula is C14H14F3N3O5S. The van der Waals surface area contributed by atoms with Crippen LogP contribution in [0.5, 0.6) is 5.88 Å². The van der Waals surface area contributed by atoms with Crippen molar-refractivity contribution in [3.8, 4) is 5.88 Å². The van der Waals surface area contributed by atoms with Crippen LogP contribution in [0.25, 0.3) is 11.0 Å². The summed E-state index contributed by atoms with van der Waals surface area (Å²) in [4.78, 5) is 19.4. The molecule has 2 rings (SSSR count). The van der Waals surface area contributed by atoms with Crippen LogP contribution in [-0.2, 0) is 14.9 Å². The van der Waals surface area contributed by atoms with Gasteiger partial charge in [-0.1, -0.05) is 6.92 Å². The number of nitrogens with one attached hydrogen (secondary N) is 1. The highest BCUT2D eigenvalue weighted by atomic mass is 32.2. The molecular weight excluding hydrogens is 379 g/mol. The van der Waals surface area contributed by atoms with E-state index in [0.717, 1.165) is 0 Å². The third-order valence-corrected chi connectivity index (χ3v) is 4.01. The van der Waals surface area contributed by atoms with Gasteiger partial charge in [-0.3, -0.25) is 0 Å². The topological polar surface area (TPSA) is 107 Å². The summed E-state index contributed by atoms with van der Waals surface area (Å²) in [6.07, 6.45) is 0.577. The second-order valence-electron chi connectivity index (χ2n) is 4.98. The Morgan fingerprint density at radius 2 is 1.92 bits per heavy atom. The number of hydrogen-bond donors (Lipinski definition) is 1. The predicted molar refractivity (Wildman–Crippen MR) is 85.3 cm³/mol. The zero-order valence-electron chi connectivity index (χ0n) is 13.6. The van der Waals surface area contributed by atoms with Gasteiger partial charge in [-0.15, -0.1) is 0 Å². The number of methoxy groups -OCH3 is 1. The lowest BCUT2D eigenvalue weighted by Gasteiger charge is -2.13. The lowest BCUT2D eigenvalue weighted by molar-refractivity contribution is -0.0501. The van der Waals surface area contributed by atoms with Crippen molar-refractivity contribution >= 4 is 32.9 Å². The molecule has 1 aromatic heterocycles. The molecule has 0 spiro atoms. The van der Waals surface area contributed by atoms with Crippen molar-refractivity contribution in [2.75, 3.05) is 19.0 Å². The van der Waals surface area contributed by atoms with Gasteiger partial charge in [0.1, 0.15) is 0 Å². The van der Waals surface area contributed by atoms with Crippen LogP contribution in [0.4, 0.5) is 19.0 Å². The van der Waals surface area contributed by atoms with Crippen molar-refractivity contribution in [2.45, 2.75) is 18.9 Å². The molecule has 2 aromatic rings. The lowest BCUT2D eigenvalue weighted by Crippen LogP contribution is -2.28. The summed E-state index contributed by atoms with van der Waals surface area (Å²) >= 11 is 0. The maximum atomic E-state index is 12.6. The number of aromatic nitrogens is 2. The Hall–Kier alpha value is -2.63. The zero-order valence-corrected chi connectivity index (χ0v) is 14.4. The van der Waals surface area contributed by atoms with E-state index in [2.05, 4.69) is 24.2 Å². The number of esters is 1. The van der Waals surface area contributed by atoms with Crippen LogP contribution in [0, 0.1) is 0 Å². The second kappa shape index (κ2) is 7.32. The molecule has 0 bridgehead atoms. The van der Waals surface area contributed by atoms with Gasteiger partial charge in [0.25, 0.3) is 5.88 Å². The fourth-order valence-corrected chi connectivity index (χ4v) is 2.27. The van der Waals surface area contributed by atoms with Crippen LogP contribution in [0.3, 0.4) is 0 Å². The Balaban J connectivity index is 2.56. The molecule has 26 heavy (non-hydrogen) atoms. The largest absolute Gasteiger partial charge is 0.534 e. The molecule has 0 aliphatic carbocycles. The van der Waals surface area contributed by atoms with Crippen LogP contribution in [0.15, 0.2) is 18.2 Å². The van der Waals surface area contributed by atoms with Crippen molar-refractivity contribution in [2.24, 2.45) is 0 Å². The summed E-state index contributed by atoms with van der Waals surface area (Å²) in [7, 11) is -4.72. The number of halogens is 3. The molecule has 0 saturated heterocycles. The van der Waals surface area contributed by atoms with Crippen LogP contribution < -0.4 is 9.50 Å². The number of rotatable bonds is 6. The molecule has 0 fully saturated rings. The van der Waals surface area contributed by atoms with E-state index in [1.54, 1.807) is 6.92 Å². The minimum Gasteiger partial charge on any atom is -0.465 e. The highest BCUT2D eigenvalue weighted by Gasteiger charge is 2.49. The van der Waals surface area contributed by atoms with Crippen molar-refractivity contribution in [1.82, 2.24) is 9.97 Å². The van der Waals surface area contributed by atoms with E-state index in [0.29, 0.717) is 6.42 Å². The molecule has 142 valence electrons. The minimum atomic E-state index is -5.91. The molecule has 8 nitrogen and oxygen atoms in total. The first kappa shape index (κ1) is 19.7. The Labute approximate surface area is 146 Å². The monoisotopic (exact) mass is 393 g/mol. The van der Waals surface area contributed by atoms with Crippen molar-refractivity contribution in [3.05, 3.63) is 23.8 Å². The molecule has 1 heterocycles. The summed E-state index contributed by atoms with van der Waals surface area (Å²) in [5.41, 5.74) is -5.29. The number of nitrogens with zero attached hydrogens (tertiary/aromatic N) is 2. The fraction of sp³-hybridized carbons (Fsp3) is 0.357. The first-order chi connectivity index (χ1) is 12.1.